The molecule has 1 unspecified atom stereocenters. The van der Waals surface area contributed by atoms with Gasteiger partial charge in [0, 0.05) is 168 Å². The molecule has 9 rings (SSSR count). The Hall–Kier alpha value is 0.860. The van der Waals surface area contributed by atoms with Crippen LogP contribution in [-0.2, 0) is 38.2 Å². The maximum atomic E-state index is 11.8. The van der Waals surface area contributed by atoms with Crippen LogP contribution < -0.4 is 31.9 Å². The lowest BCUT2D eigenvalue weighted by atomic mass is 10.1. The second-order valence-corrected chi connectivity index (χ2v) is 47.4. The van der Waals surface area contributed by atoms with Gasteiger partial charge in [0.1, 0.15) is 0 Å². The van der Waals surface area contributed by atoms with Crippen LogP contribution >= 0.6 is 130 Å². The maximum absolute atomic E-state index is 11.8. The van der Waals surface area contributed by atoms with E-state index in [0.717, 1.165) is 207 Å². The van der Waals surface area contributed by atoms with Crippen molar-refractivity contribution in [3.05, 3.63) is 0 Å². The SMILES string of the molecule is CC(C)NC(=O)CCCC[C@@H]1CCSS1.CCCC(C)NC(=O)CCCC[C@@H]1CCSS1.CCCCCNC(=O)CCCC[C@@H]1CCSS1.O=C(CCCC[C@@H]1CCSS1)NC1CCCC1.O=C(CCCC[C@@H]1CCSS1)NCCCCN1CCOCC1.O=C(CCCC[C@@H]1CCSS1)NCCCN1CCOCC1. The van der Waals surface area contributed by atoms with Crippen LogP contribution in [0, 0.1) is 0 Å². The van der Waals surface area contributed by atoms with E-state index >= 15 is 0 Å². The molecule has 6 amide bonds. The van der Waals surface area contributed by atoms with Crippen molar-refractivity contribution < 1.29 is 38.2 Å². The number of carbonyl (C=O) groups excluding carboxylic acids is 6. The average molecular weight is 1750 g/mol. The van der Waals surface area contributed by atoms with Crippen LogP contribution in [0.4, 0.5) is 0 Å². The molecule has 0 aromatic carbocycles. The zero-order chi connectivity index (χ0) is 78.1. The van der Waals surface area contributed by atoms with Gasteiger partial charge in [0.25, 0.3) is 0 Å². The molecule has 9 aliphatic rings. The first kappa shape index (κ1) is 102. The fourth-order valence-electron chi connectivity index (χ4n) is 13.7. The molecule has 0 spiro atoms. The number of amides is 6. The molecule has 6 N–H and O–H groups in total. The number of nitrogens with one attached hydrogen (secondary N) is 6. The molecule has 8 saturated heterocycles. The van der Waals surface area contributed by atoms with E-state index in [9.17, 15) is 28.8 Å². The quantitative estimate of drug-likeness (QED) is 0.0248. The number of hydrogen-bond acceptors (Lipinski definition) is 22. The number of unbranched alkanes of at least 4 members (excludes halogenated alkanes) is 9. The molecule has 1 saturated carbocycles. The summed E-state index contributed by atoms with van der Waals surface area (Å²) in [6.45, 7) is 22.8. The fraction of sp³-hybridized carbons (Fsp3) is 0.926. The number of nitrogens with zero attached hydrogens (tertiary/aromatic N) is 2. The maximum Gasteiger partial charge on any atom is 0.220 e. The monoisotopic (exact) mass is 1750 g/mol. The van der Waals surface area contributed by atoms with Gasteiger partial charge in [-0.05, 0) is 194 Å². The highest BCUT2D eigenvalue weighted by Crippen LogP contribution is 2.44. The van der Waals surface area contributed by atoms with Gasteiger partial charge in [-0.25, -0.2) is 0 Å². The Kier molecular flexibility index (Phi) is 67.3. The lowest BCUT2D eigenvalue weighted by Crippen LogP contribution is -2.38. The molecule has 28 heteroatoms. The molecule has 8 heterocycles. The fourth-order valence-corrected chi connectivity index (χ4v) is 31.9. The van der Waals surface area contributed by atoms with E-state index in [1.165, 1.54) is 189 Å². The van der Waals surface area contributed by atoms with Crippen LogP contribution in [0.3, 0.4) is 0 Å². The van der Waals surface area contributed by atoms with Crippen LogP contribution in [0.5, 0.6) is 0 Å². The van der Waals surface area contributed by atoms with Crippen molar-refractivity contribution in [2.24, 2.45) is 0 Å². The van der Waals surface area contributed by atoms with E-state index in [-0.39, 0.29) is 41.5 Å². The molecule has 0 aromatic heterocycles. The van der Waals surface area contributed by atoms with E-state index < -0.39 is 0 Å². The topological polar surface area (TPSA) is 200 Å². The molecule has 9 fully saturated rings. The van der Waals surface area contributed by atoms with Crippen molar-refractivity contribution >= 4 is 165 Å². The molecule has 8 aliphatic heterocycles. The molecule has 7 atom stereocenters. The lowest BCUT2D eigenvalue weighted by Gasteiger charge is -2.26. The Morgan fingerprint density at radius 1 is 0.349 bits per heavy atom. The molecule has 1 aliphatic carbocycles. The first-order chi connectivity index (χ1) is 53.3. The minimum Gasteiger partial charge on any atom is -0.379 e. The Bertz CT molecular complexity index is 2220. The highest BCUT2D eigenvalue weighted by Gasteiger charge is 2.23. The predicted molar refractivity (Wildman–Crippen MR) is 495 cm³/mol. The molecule has 16 nitrogen and oxygen atoms in total. The second kappa shape index (κ2) is 71.7. The summed E-state index contributed by atoms with van der Waals surface area (Å²) in [7, 11) is 24.2. The average Bonchev–Trinajstić information content (AvgIpc) is 1.95. The molecular weight excluding hydrogens is 1600 g/mol. The third-order valence-corrected chi connectivity index (χ3v) is 38.3. The van der Waals surface area contributed by atoms with Crippen LogP contribution in [-0.4, -0.2) is 215 Å². The number of hydrogen-bond donors (Lipinski definition) is 6. The minimum atomic E-state index is 0.207. The summed E-state index contributed by atoms with van der Waals surface area (Å²) in [5.74, 6) is 9.29. The van der Waals surface area contributed by atoms with Gasteiger partial charge in [-0.15, -0.1) is 0 Å². The third-order valence-electron chi connectivity index (χ3n) is 20.2. The number of morpholine rings is 2. The molecule has 109 heavy (non-hydrogen) atoms. The molecular formula is C81H152N8O8S12. The zero-order valence-corrected chi connectivity index (χ0v) is 78.2. The summed E-state index contributed by atoms with van der Waals surface area (Å²) in [4.78, 5) is 74.4. The predicted octanol–water partition coefficient (Wildman–Crippen LogP) is 20.5. The minimum absolute atomic E-state index is 0.207. The smallest absolute Gasteiger partial charge is 0.220 e. The van der Waals surface area contributed by atoms with Gasteiger partial charge in [0.2, 0.25) is 35.4 Å². The molecule has 0 bridgehead atoms. The normalized spacial score (nSPS) is 22.3. The summed E-state index contributed by atoms with van der Waals surface area (Å²) in [5, 5.41) is 23.3. The van der Waals surface area contributed by atoms with Gasteiger partial charge in [-0.1, -0.05) is 214 Å². The molecule has 636 valence electrons. The highest BCUT2D eigenvalue weighted by atomic mass is 33.1. The first-order valence-electron chi connectivity index (χ1n) is 43.2. The first-order valence-corrected chi connectivity index (χ1v) is 57.5. The van der Waals surface area contributed by atoms with E-state index in [1.807, 2.05) is 143 Å². The largest absolute Gasteiger partial charge is 0.379 e. The molecule has 0 aromatic rings. The Morgan fingerprint density at radius 2 is 0.661 bits per heavy atom. The summed E-state index contributed by atoms with van der Waals surface area (Å²) < 4.78 is 10.7. The van der Waals surface area contributed by atoms with Gasteiger partial charge in [-0.3, -0.25) is 38.6 Å². The van der Waals surface area contributed by atoms with Crippen LogP contribution in [0.15, 0.2) is 0 Å². The van der Waals surface area contributed by atoms with E-state index in [0.29, 0.717) is 37.8 Å². The number of rotatable bonds is 48. The van der Waals surface area contributed by atoms with Crippen molar-refractivity contribution in [1.29, 1.82) is 0 Å². The van der Waals surface area contributed by atoms with Gasteiger partial charge >= 0.3 is 0 Å². The summed E-state index contributed by atoms with van der Waals surface area (Å²) >= 11 is 0. The summed E-state index contributed by atoms with van der Waals surface area (Å²) in [5.41, 5.74) is 0. The van der Waals surface area contributed by atoms with E-state index in [2.05, 4.69) is 62.5 Å². The lowest BCUT2D eigenvalue weighted by molar-refractivity contribution is -0.122. The third kappa shape index (κ3) is 60.1. The van der Waals surface area contributed by atoms with Crippen molar-refractivity contribution in [3.8, 4) is 0 Å². The number of carbonyl (C=O) groups is 6. The van der Waals surface area contributed by atoms with Crippen molar-refractivity contribution in [2.45, 2.75) is 354 Å². The van der Waals surface area contributed by atoms with Crippen LogP contribution in [0.25, 0.3) is 0 Å². The van der Waals surface area contributed by atoms with Crippen molar-refractivity contribution in [1.82, 2.24) is 41.7 Å². The van der Waals surface area contributed by atoms with E-state index in [1.54, 1.807) is 0 Å². The van der Waals surface area contributed by atoms with Gasteiger partial charge in [0.05, 0.1) is 26.4 Å². The van der Waals surface area contributed by atoms with E-state index in [4.69, 9.17) is 9.47 Å². The van der Waals surface area contributed by atoms with Crippen molar-refractivity contribution in [2.75, 3.05) is 120 Å². The Labute approximate surface area is 712 Å². The van der Waals surface area contributed by atoms with Gasteiger partial charge in [-0.2, -0.15) is 0 Å². The summed E-state index contributed by atoms with van der Waals surface area (Å²) in [6.07, 6.45) is 47.7. The second-order valence-electron chi connectivity index (χ2n) is 30.7. The van der Waals surface area contributed by atoms with Crippen LogP contribution in [0.2, 0.25) is 0 Å². The number of ether oxygens (including phenoxy) is 2. The van der Waals surface area contributed by atoms with Gasteiger partial charge < -0.3 is 41.4 Å². The standard InChI is InChI=1S/C16H30N2O2S2.C15H28N2O2S2.C13H23NOS2.2C13H25NOS2.C11H21NOS2/c19-16(6-2-1-5-15-7-14-21-22-15)17-8-3-4-9-18-10-12-20-13-11-18;18-15(5-2-1-4-14-6-13-20-21-14)16-7-3-8-17-9-11-19-12-10-17;15-13(14-11-5-1-2-6-11)8-4-3-7-12-9-10-16-17-12;1-3-6-11(2)14-13(15)8-5-4-7-12-9-10-16-17-12;1-2-3-6-10-14-13(15)8-5-4-7-12-9-11-16-17-12;1-9(2)12-11(13)6-4-3-5-10-7-8-14-15-10/h15H,1-14H2,(H,17,19);14H,1-13H2,(H,16,18);11-12H,1-10H2,(H,14,15);11-12H,3-10H2,1-2H3,(H,14,15);12H,2-11H2,1H3,(H,14,15);9-10H,3-8H2,1-2H3,(H,12,13)/t15-;14-;12-;11?,12-;12-;10-/m111111/s1. The van der Waals surface area contributed by atoms with Crippen molar-refractivity contribution in [3.63, 3.8) is 0 Å². The molecule has 0 radical (unpaired) electrons. The highest BCUT2D eigenvalue weighted by molar-refractivity contribution is 8.78. The van der Waals surface area contributed by atoms with Gasteiger partial charge in [0.15, 0.2) is 0 Å². The zero-order valence-electron chi connectivity index (χ0n) is 68.4. The Balaban J connectivity index is 0.000000278. The van der Waals surface area contributed by atoms with Crippen LogP contribution in [0.1, 0.15) is 304 Å². The summed E-state index contributed by atoms with van der Waals surface area (Å²) in [6, 6.07) is 1.11. The Morgan fingerprint density at radius 3 is 0.982 bits per heavy atom.